The van der Waals surface area contributed by atoms with Crippen molar-refractivity contribution in [2.75, 3.05) is 6.54 Å². The lowest BCUT2D eigenvalue weighted by Crippen LogP contribution is -1.92. The summed E-state index contributed by atoms with van der Waals surface area (Å²) in [6.07, 6.45) is 4.88. The molecule has 0 radical (unpaired) electrons. The molecule has 0 aliphatic carbocycles. The molecule has 0 atom stereocenters. The van der Waals surface area contributed by atoms with Crippen LogP contribution in [0.2, 0.25) is 0 Å². The minimum absolute atomic E-state index is 0.294. The fourth-order valence-corrected chi connectivity index (χ4v) is 1.37. The Morgan fingerprint density at radius 2 is 2.21 bits per heavy atom. The van der Waals surface area contributed by atoms with E-state index in [1.54, 1.807) is 30.5 Å². The van der Waals surface area contributed by atoms with Crippen molar-refractivity contribution in [1.82, 2.24) is 0 Å². The Morgan fingerprint density at radius 1 is 1.36 bits per heavy atom. The van der Waals surface area contributed by atoms with E-state index < -0.39 is 0 Å². The molecular formula is C11H10FNO. The van der Waals surface area contributed by atoms with Crippen LogP contribution in [0.3, 0.4) is 0 Å². The molecule has 0 amide bonds. The maximum absolute atomic E-state index is 13.4. The van der Waals surface area contributed by atoms with Crippen LogP contribution in [0.1, 0.15) is 5.56 Å². The number of rotatable bonds is 2. The topological polar surface area (TPSA) is 39.2 Å². The van der Waals surface area contributed by atoms with Gasteiger partial charge in [0.05, 0.1) is 11.8 Å². The van der Waals surface area contributed by atoms with Crippen LogP contribution in [0.4, 0.5) is 4.39 Å². The van der Waals surface area contributed by atoms with Crippen LogP contribution >= 0.6 is 0 Å². The Hall–Kier alpha value is -1.61. The van der Waals surface area contributed by atoms with Crippen molar-refractivity contribution < 1.29 is 8.81 Å². The molecule has 1 aromatic heterocycles. The fraction of sp³-hybridized carbons (Fsp3) is 0.0909. The molecule has 0 spiro atoms. The van der Waals surface area contributed by atoms with E-state index >= 15 is 0 Å². The average Bonchev–Trinajstić information content (AvgIpc) is 2.64. The molecule has 3 heteroatoms. The van der Waals surface area contributed by atoms with Gasteiger partial charge in [0.25, 0.3) is 0 Å². The van der Waals surface area contributed by atoms with Crippen LogP contribution in [0, 0.1) is 5.82 Å². The number of benzene rings is 1. The monoisotopic (exact) mass is 191 g/mol. The van der Waals surface area contributed by atoms with Crippen LogP contribution < -0.4 is 5.73 Å². The lowest BCUT2D eigenvalue weighted by atomic mass is 10.1. The van der Waals surface area contributed by atoms with E-state index in [4.69, 9.17) is 10.2 Å². The van der Waals surface area contributed by atoms with Gasteiger partial charge in [-0.25, -0.2) is 4.39 Å². The Morgan fingerprint density at radius 3 is 3.00 bits per heavy atom. The van der Waals surface area contributed by atoms with Crippen LogP contribution in [0.15, 0.2) is 35.0 Å². The van der Waals surface area contributed by atoms with Gasteiger partial charge in [0, 0.05) is 11.9 Å². The standard InChI is InChI=1S/C11H10FNO/c12-10-4-3-8-5-7-14-11(8)9(10)2-1-6-13/h1-5,7H,6,13H2/b2-1+. The van der Waals surface area contributed by atoms with Crippen molar-refractivity contribution in [3.63, 3.8) is 0 Å². The Balaban J connectivity index is 2.64. The van der Waals surface area contributed by atoms with E-state index in [0.717, 1.165) is 5.39 Å². The summed E-state index contributed by atoms with van der Waals surface area (Å²) in [4.78, 5) is 0. The van der Waals surface area contributed by atoms with Gasteiger partial charge in [0.15, 0.2) is 0 Å². The number of hydrogen-bond acceptors (Lipinski definition) is 2. The van der Waals surface area contributed by atoms with Gasteiger partial charge in [-0.15, -0.1) is 0 Å². The second-order valence-corrected chi connectivity index (χ2v) is 2.94. The predicted molar refractivity (Wildman–Crippen MR) is 54.3 cm³/mol. The number of hydrogen-bond donors (Lipinski definition) is 1. The zero-order valence-electron chi connectivity index (χ0n) is 7.53. The molecule has 0 aliphatic heterocycles. The smallest absolute Gasteiger partial charge is 0.143 e. The summed E-state index contributed by atoms with van der Waals surface area (Å²) in [5, 5.41) is 0.892. The molecule has 2 rings (SSSR count). The SMILES string of the molecule is NC/C=C/c1c(F)ccc2ccoc12. The third-order valence-electron chi connectivity index (χ3n) is 2.03. The molecule has 2 aromatic rings. The molecule has 0 fully saturated rings. The molecule has 2 N–H and O–H groups in total. The third-order valence-corrected chi connectivity index (χ3v) is 2.03. The maximum Gasteiger partial charge on any atom is 0.143 e. The minimum Gasteiger partial charge on any atom is -0.464 e. The van der Waals surface area contributed by atoms with Crippen LogP contribution in [0.25, 0.3) is 17.0 Å². The first-order valence-electron chi connectivity index (χ1n) is 4.35. The molecule has 2 nitrogen and oxygen atoms in total. The Labute approximate surface area is 80.8 Å². The predicted octanol–water partition coefficient (Wildman–Crippen LogP) is 2.54. The highest BCUT2D eigenvalue weighted by atomic mass is 19.1. The number of halogens is 1. The number of fused-ring (bicyclic) bond motifs is 1. The second-order valence-electron chi connectivity index (χ2n) is 2.94. The van der Waals surface area contributed by atoms with E-state index in [1.807, 2.05) is 0 Å². The van der Waals surface area contributed by atoms with Gasteiger partial charge in [-0.3, -0.25) is 0 Å². The highest BCUT2D eigenvalue weighted by molar-refractivity contribution is 5.86. The fourth-order valence-electron chi connectivity index (χ4n) is 1.37. The molecule has 0 aliphatic rings. The van der Waals surface area contributed by atoms with Crippen molar-refractivity contribution in [3.05, 3.63) is 41.9 Å². The molecule has 72 valence electrons. The molecule has 0 bridgehead atoms. The average molecular weight is 191 g/mol. The van der Waals surface area contributed by atoms with Crippen LogP contribution in [0.5, 0.6) is 0 Å². The van der Waals surface area contributed by atoms with Crippen molar-refractivity contribution in [1.29, 1.82) is 0 Å². The summed E-state index contributed by atoms with van der Waals surface area (Å²) in [5.41, 5.74) is 6.33. The van der Waals surface area contributed by atoms with Crippen molar-refractivity contribution in [2.24, 2.45) is 5.73 Å². The first-order valence-corrected chi connectivity index (χ1v) is 4.35. The van der Waals surface area contributed by atoms with Gasteiger partial charge in [0.2, 0.25) is 0 Å². The van der Waals surface area contributed by atoms with Crippen LogP contribution in [-0.2, 0) is 0 Å². The highest BCUT2D eigenvalue weighted by Gasteiger charge is 2.06. The zero-order chi connectivity index (χ0) is 9.97. The summed E-state index contributed by atoms with van der Waals surface area (Å²) in [5.74, 6) is -0.294. The summed E-state index contributed by atoms with van der Waals surface area (Å²) in [6.45, 7) is 0.385. The first-order chi connectivity index (χ1) is 6.83. The van der Waals surface area contributed by atoms with Gasteiger partial charge in [-0.1, -0.05) is 12.2 Å². The molecule has 0 unspecified atom stereocenters. The minimum atomic E-state index is -0.294. The molecule has 1 aromatic carbocycles. The van der Waals surface area contributed by atoms with Crippen LogP contribution in [-0.4, -0.2) is 6.54 Å². The van der Waals surface area contributed by atoms with Gasteiger partial charge >= 0.3 is 0 Å². The highest BCUT2D eigenvalue weighted by Crippen LogP contribution is 2.23. The zero-order valence-corrected chi connectivity index (χ0v) is 7.53. The largest absolute Gasteiger partial charge is 0.464 e. The van der Waals surface area contributed by atoms with E-state index in [9.17, 15) is 4.39 Å². The molecule has 14 heavy (non-hydrogen) atoms. The maximum atomic E-state index is 13.4. The van der Waals surface area contributed by atoms with Crippen molar-refractivity contribution in [2.45, 2.75) is 0 Å². The second kappa shape index (κ2) is 3.64. The van der Waals surface area contributed by atoms with Crippen molar-refractivity contribution >= 4 is 17.0 Å². The number of nitrogens with two attached hydrogens (primary N) is 1. The normalized spacial score (nSPS) is 11.6. The van der Waals surface area contributed by atoms with E-state index in [0.29, 0.717) is 17.7 Å². The van der Waals surface area contributed by atoms with E-state index in [2.05, 4.69) is 0 Å². The summed E-state index contributed by atoms with van der Waals surface area (Å²) in [6, 6.07) is 4.91. The first kappa shape index (κ1) is 8.97. The lowest BCUT2D eigenvalue weighted by molar-refractivity contribution is 0.596. The molecular weight excluding hydrogens is 181 g/mol. The van der Waals surface area contributed by atoms with Crippen molar-refractivity contribution in [3.8, 4) is 0 Å². The van der Waals surface area contributed by atoms with Gasteiger partial charge in [0.1, 0.15) is 11.4 Å². The lowest BCUT2D eigenvalue weighted by Gasteiger charge is -1.97. The summed E-state index contributed by atoms with van der Waals surface area (Å²) < 4.78 is 18.6. The molecule has 1 heterocycles. The van der Waals surface area contributed by atoms with Gasteiger partial charge in [-0.2, -0.15) is 0 Å². The van der Waals surface area contributed by atoms with Gasteiger partial charge < -0.3 is 10.2 Å². The van der Waals surface area contributed by atoms with E-state index in [-0.39, 0.29) is 5.82 Å². The third kappa shape index (κ3) is 1.42. The quantitative estimate of drug-likeness (QED) is 0.792. The number of furan rings is 1. The van der Waals surface area contributed by atoms with E-state index in [1.165, 1.54) is 6.07 Å². The molecule has 0 saturated heterocycles. The Bertz CT molecular complexity index is 473. The van der Waals surface area contributed by atoms with Gasteiger partial charge in [-0.05, 0) is 18.2 Å². The summed E-state index contributed by atoms with van der Waals surface area (Å²) >= 11 is 0. The summed E-state index contributed by atoms with van der Waals surface area (Å²) in [7, 11) is 0. The Kier molecular flexibility index (Phi) is 2.33. The molecule has 0 saturated carbocycles.